The van der Waals surface area contributed by atoms with Crippen LogP contribution in [0.15, 0.2) is 0 Å². The predicted octanol–water partition coefficient (Wildman–Crippen LogP) is -0.316. The van der Waals surface area contributed by atoms with Gasteiger partial charge in [-0.15, -0.1) is 0 Å². The molecule has 0 radical (unpaired) electrons. The number of carbonyl (C=O) groups is 4. The molecule has 1 unspecified atom stereocenters. The van der Waals surface area contributed by atoms with Gasteiger partial charge in [0.15, 0.2) is 0 Å². The zero-order valence-corrected chi connectivity index (χ0v) is 13.7. The summed E-state index contributed by atoms with van der Waals surface area (Å²) in [4.78, 5) is 49.1. The third-order valence-corrected chi connectivity index (χ3v) is 3.84. The number of carboxylic acids is 1. The smallest absolute Gasteiger partial charge is 0.308 e. The third kappa shape index (κ3) is 6.25. The van der Waals surface area contributed by atoms with E-state index in [1.807, 2.05) is 6.92 Å². The van der Waals surface area contributed by atoms with Gasteiger partial charge in [-0.1, -0.05) is 6.92 Å². The van der Waals surface area contributed by atoms with Crippen LogP contribution in [0.5, 0.6) is 0 Å². The molecule has 1 heterocycles. The number of piperidine rings is 1. The predicted molar refractivity (Wildman–Crippen MR) is 82.5 cm³/mol. The lowest BCUT2D eigenvalue weighted by atomic mass is 9.98. The molecule has 8 nitrogen and oxygen atoms in total. The van der Waals surface area contributed by atoms with Crippen molar-refractivity contribution < 1.29 is 24.3 Å². The number of carbonyl (C=O) groups excluding carboxylic acids is 3. The molecule has 1 rings (SSSR count). The maximum absolute atomic E-state index is 12.2. The summed E-state index contributed by atoms with van der Waals surface area (Å²) in [6.07, 6.45) is 2.28. The zero-order chi connectivity index (χ0) is 17.4. The number of hydrogen-bond acceptors (Lipinski definition) is 4. The largest absolute Gasteiger partial charge is 0.481 e. The van der Waals surface area contributed by atoms with Crippen molar-refractivity contribution in [1.82, 2.24) is 15.1 Å². The van der Waals surface area contributed by atoms with Gasteiger partial charge in [-0.25, -0.2) is 0 Å². The van der Waals surface area contributed by atoms with Crippen LogP contribution >= 0.6 is 0 Å². The van der Waals surface area contributed by atoms with E-state index in [4.69, 9.17) is 5.11 Å². The quantitative estimate of drug-likeness (QED) is 0.667. The summed E-state index contributed by atoms with van der Waals surface area (Å²) in [6, 6.07) is 0. The molecule has 0 aliphatic carbocycles. The standard InChI is InChI=1S/C15H25N3O5/c1-3-5-12(19)16-8-13(20)17(2)10-14(21)18-7-4-6-11(9-18)15(22)23/h11H,3-10H2,1-2H3,(H,16,19)(H,22,23). The second kappa shape index (κ2) is 9.12. The minimum atomic E-state index is -0.898. The number of aliphatic carboxylic acids is 1. The minimum absolute atomic E-state index is 0.116. The maximum Gasteiger partial charge on any atom is 0.308 e. The molecule has 1 aliphatic heterocycles. The van der Waals surface area contributed by atoms with E-state index in [9.17, 15) is 19.2 Å². The first-order chi connectivity index (χ1) is 10.8. The van der Waals surface area contributed by atoms with Gasteiger partial charge in [0.25, 0.3) is 0 Å². The maximum atomic E-state index is 12.2. The van der Waals surface area contributed by atoms with Gasteiger partial charge in [0.1, 0.15) is 0 Å². The molecule has 0 aromatic heterocycles. The molecular weight excluding hydrogens is 302 g/mol. The molecule has 0 bridgehead atoms. The van der Waals surface area contributed by atoms with Crippen LogP contribution in [0.4, 0.5) is 0 Å². The molecule has 1 saturated heterocycles. The van der Waals surface area contributed by atoms with Crippen LogP contribution in [0.3, 0.4) is 0 Å². The van der Waals surface area contributed by atoms with Gasteiger partial charge in [0.2, 0.25) is 17.7 Å². The fraction of sp³-hybridized carbons (Fsp3) is 0.733. The topological polar surface area (TPSA) is 107 Å². The van der Waals surface area contributed by atoms with E-state index in [1.54, 1.807) is 0 Å². The van der Waals surface area contributed by atoms with E-state index in [2.05, 4.69) is 5.32 Å². The van der Waals surface area contributed by atoms with Gasteiger partial charge in [0, 0.05) is 26.6 Å². The Hall–Kier alpha value is -2.12. The van der Waals surface area contributed by atoms with Crippen LogP contribution in [-0.2, 0) is 19.2 Å². The van der Waals surface area contributed by atoms with Crippen LogP contribution in [0, 0.1) is 5.92 Å². The number of rotatable bonds is 7. The molecule has 1 atom stereocenters. The highest BCUT2D eigenvalue weighted by Crippen LogP contribution is 2.16. The Labute approximate surface area is 135 Å². The number of hydrogen-bond donors (Lipinski definition) is 2. The molecule has 2 N–H and O–H groups in total. The second-order valence-electron chi connectivity index (χ2n) is 5.79. The summed E-state index contributed by atoms with van der Waals surface area (Å²) in [5.74, 6) is -2.25. The average Bonchev–Trinajstić information content (AvgIpc) is 2.52. The Bertz CT molecular complexity index is 466. The molecular formula is C15H25N3O5. The number of nitrogens with one attached hydrogen (secondary N) is 1. The number of amides is 3. The number of carboxylic acid groups (broad SMARTS) is 1. The van der Waals surface area contributed by atoms with E-state index in [1.165, 1.54) is 16.8 Å². The summed E-state index contributed by atoms with van der Waals surface area (Å²) >= 11 is 0. The van der Waals surface area contributed by atoms with Crippen molar-refractivity contribution in [3.8, 4) is 0 Å². The van der Waals surface area contributed by atoms with Crippen molar-refractivity contribution >= 4 is 23.7 Å². The molecule has 0 saturated carbocycles. The molecule has 130 valence electrons. The molecule has 0 aromatic rings. The van der Waals surface area contributed by atoms with Crippen LogP contribution in [-0.4, -0.2) is 71.8 Å². The Balaban J connectivity index is 2.41. The van der Waals surface area contributed by atoms with E-state index < -0.39 is 11.9 Å². The molecule has 3 amide bonds. The number of likely N-dealkylation sites (N-methyl/N-ethyl adjacent to an activating group) is 1. The number of likely N-dealkylation sites (tertiary alicyclic amines) is 1. The summed E-state index contributed by atoms with van der Waals surface area (Å²) < 4.78 is 0. The van der Waals surface area contributed by atoms with E-state index >= 15 is 0 Å². The van der Waals surface area contributed by atoms with Crippen molar-refractivity contribution in [2.24, 2.45) is 5.92 Å². The lowest BCUT2D eigenvalue weighted by Gasteiger charge is -2.32. The van der Waals surface area contributed by atoms with Crippen LogP contribution < -0.4 is 5.32 Å². The van der Waals surface area contributed by atoms with Crippen molar-refractivity contribution in [3.63, 3.8) is 0 Å². The normalized spacial score (nSPS) is 17.5. The third-order valence-electron chi connectivity index (χ3n) is 3.84. The molecule has 23 heavy (non-hydrogen) atoms. The van der Waals surface area contributed by atoms with Gasteiger partial charge < -0.3 is 20.2 Å². The number of nitrogens with zero attached hydrogens (tertiary/aromatic N) is 2. The van der Waals surface area contributed by atoms with Gasteiger partial charge in [-0.3, -0.25) is 19.2 Å². The highest BCUT2D eigenvalue weighted by Gasteiger charge is 2.28. The monoisotopic (exact) mass is 327 g/mol. The summed E-state index contributed by atoms with van der Waals surface area (Å²) in [7, 11) is 1.49. The first-order valence-electron chi connectivity index (χ1n) is 7.86. The Morgan fingerprint density at radius 2 is 2.00 bits per heavy atom. The highest BCUT2D eigenvalue weighted by molar-refractivity contribution is 5.88. The fourth-order valence-corrected chi connectivity index (χ4v) is 2.42. The van der Waals surface area contributed by atoms with Gasteiger partial charge >= 0.3 is 5.97 Å². The zero-order valence-electron chi connectivity index (χ0n) is 13.7. The fourth-order valence-electron chi connectivity index (χ4n) is 2.42. The summed E-state index contributed by atoms with van der Waals surface area (Å²) in [6.45, 7) is 2.31. The SMILES string of the molecule is CCCC(=O)NCC(=O)N(C)CC(=O)N1CCCC(C(=O)O)C1. The van der Waals surface area contributed by atoms with Crippen molar-refractivity contribution in [2.75, 3.05) is 33.2 Å². The first-order valence-corrected chi connectivity index (χ1v) is 7.86. The van der Waals surface area contributed by atoms with E-state index in [0.717, 1.165) is 0 Å². The lowest BCUT2D eigenvalue weighted by Crippen LogP contribution is -2.48. The van der Waals surface area contributed by atoms with Gasteiger partial charge in [-0.05, 0) is 19.3 Å². The van der Waals surface area contributed by atoms with E-state index in [0.29, 0.717) is 32.2 Å². The molecule has 1 fully saturated rings. The molecule has 8 heteroatoms. The van der Waals surface area contributed by atoms with Crippen molar-refractivity contribution in [3.05, 3.63) is 0 Å². The average molecular weight is 327 g/mol. The molecule has 1 aliphatic rings. The Morgan fingerprint density at radius 1 is 1.30 bits per heavy atom. The van der Waals surface area contributed by atoms with Crippen LogP contribution in [0.1, 0.15) is 32.6 Å². The van der Waals surface area contributed by atoms with Crippen molar-refractivity contribution in [2.45, 2.75) is 32.6 Å². The van der Waals surface area contributed by atoms with Crippen LogP contribution in [0.2, 0.25) is 0 Å². The van der Waals surface area contributed by atoms with Gasteiger partial charge in [-0.2, -0.15) is 0 Å². The van der Waals surface area contributed by atoms with E-state index in [-0.39, 0.29) is 37.4 Å². The summed E-state index contributed by atoms with van der Waals surface area (Å²) in [5, 5.41) is 11.5. The lowest BCUT2D eigenvalue weighted by molar-refractivity contribution is -0.147. The molecule has 0 aromatic carbocycles. The molecule has 0 spiro atoms. The highest BCUT2D eigenvalue weighted by atomic mass is 16.4. The Kier molecular flexibility index (Phi) is 7.50. The minimum Gasteiger partial charge on any atom is -0.481 e. The summed E-state index contributed by atoms with van der Waals surface area (Å²) in [5.41, 5.74) is 0. The van der Waals surface area contributed by atoms with Gasteiger partial charge in [0.05, 0.1) is 19.0 Å². The first kappa shape index (κ1) is 18.9. The van der Waals surface area contributed by atoms with Crippen LogP contribution in [0.25, 0.3) is 0 Å². The van der Waals surface area contributed by atoms with Crippen molar-refractivity contribution in [1.29, 1.82) is 0 Å². The Morgan fingerprint density at radius 3 is 2.61 bits per heavy atom. The second-order valence-corrected chi connectivity index (χ2v) is 5.79.